The van der Waals surface area contributed by atoms with Crippen molar-refractivity contribution in [2.75, 3.05) is 26.8 Å². The molecule has 0 aromatic heterocycles. The van der Waals surface area contributed by atoms with Crippen LogP contribution >= 0.6 is 0 Å². The van der Waals surface area contributed by atoms with Crippen LogP contribution in [0, 0.1) is 0 Å². The van der Waals surface area contributed by atoms with E-state index in [0.717, 1.165) is 59.9 Å². The number of carbonyl (C=O) groups is 2. The van der Waals surface area contributed by atoms with Gasteiger partial charge in [0, 0.05) is 13.2 Å². The Kier molecular flexibility index (Phi) is 11.5. The number of carbonyl (C=O) groups excluding carboxylic acids is 2. The summed E-state index contributed by atoms with van der Waals surface area (Å²) in [5.74, 6) is 0.116. The molecule has 1 heterocycles. The van der Waals surface area contributed by atoms with Crippen molar-refractivity contribution in [2.24, 2.45) is 0 Å². The van der Waals surface area contributed by atoms with Crippen molar-refractivity contribution in [3.05, 3.63) is 95.1 Å². The van der Waals surface area contributed by atoms with Gasteiger partial charge in [-0.3, -0.25) is 0 Å². The van der Waals surface area contributed by atoms with E-state index in [1.54, 1.807) is 4.90 Å². The van der Waals surface area contributed by atoms with Crippen LogP contribution in [0.4, 0.5) is 4.79 Å². The van der Waals surface area contributed by atoms with E-state index in [9.17, 15) is 9.59 Å². The fraction of sp³-hybridized carbons (Fsp3) is 0.487. The maximum atomic E-state index is 13.5. The van der Waals surface area contributed by atoms with Gasteiger partial charge in [-0.1, -0.05) is 79.6 Å². The molecule has 246 valence electrons. The maximum absolute atomic E-state index is 13.5. The third-order valence-corrected chi connectivity index (χ3v) is 8.87. The van der Waals surface area contributed by atoms with Gasteiger partial charge in [0.25, 0.3) is 0 Å². The van der Waals surface area contributed by atoms with Gasteiger partial charge in [0.05, 0.1) is 19.2 Å². The third kappa shape index (κ3) is 9.20. The summed E-state index contributed by atoms with van der Waals surface area (Å²) in [6.45, 7) is 7.19. The van der Waals surface area contributed by atoms with Crippen molar-refractivity contribution in [2.45, 2.75) is 96.1 Å². The Hall–Kier alpha value is -3.68. The molecule has 5 rings (SSSR count). The molecule has 3 aromatic carbocycles. The molecule has 7 nitrogen and oxygen atoms in total. The lowest BCUT2D eigenvalue weighted by molar-refractivity contribution is -0.192. The van der Waals surface area contributed by atoms with Crippen molar-refractivity contribution >= 4 is 12.1 Å². The molecular weight excluding hydrogens is 578 g/mol. The molecule has 0 bridgehead atoms. The second kappa shape index (κ2) is 15.7. The fourth-order valence-electron chi connectivity index (χ4n) is 6.42. The highest BCUT2D eigenvalue weighted by molar-refractivity contribution is 5.92. The predicted molar refractivity (Wildman–Crippen MR) is 180 cm³/mol. The molecule has 3 aromatic rings. The van der Waals surface area contributed by atoms with Gasteiger partial charge in [-0.05, 0) is 99.1 Å². The number of rotatable bonds is 11. The standard InChI is InChI=1S/C39H49NO6/c1-39(2,3)46-38(42)40(27-35(31-14-6-5-7-15-31)45-36-16-10-11-25-44-36)24-23-28-17-19-29(20-18-28)32-21-22-33(37(41)43-4)34(26-32)30-12-8-9-13-30/h5-7,14-15,17-22,26,30,35-36H,8-13,16,23-25,27H2,1-4H3/t35-,36?/m0/s1. The summed E-state index contributed by atoms with van der Waals surface area (Å²) in [6.07, 6.45) is 7.20. The largest absolute Gasteiger partial charge is 0.465 e. The Bertz CT molecular complexity index is 1420. The predicted octanol–water partition coefficient (Wildman–Crippen LogP) is 8.86. The number of nitrogens with zero attached hydrogens (tertiary/aromatic N) is 1. The molecule has 2 aliphatic rings. The van der Waals surface area contributed by atoms with E-state index in [1.165, 1.54) is 20.0 Å². The van der Waals surface area contributed by atoms with Gasteiger partial charge in [-0.2, -0.15) is 0 Å². The molecule has 1 aliphatic heterocycles. The molecule has 1 saturated carbocycles. The van der Waals surface area contributed by atoms with Gasteiger partial charge in [-0.15, -0.1) is 0 Å². The normalized spacial score (nSPS) is 17.8. The first kappa shape index (κ1) is 33.7. The van der Waals surface area contributed by atoms with Crippen LogP contribution < -0.4 is 0 Å². The lowest BCUT2D eigenvalue weighted by Gasteiger charge is -2.33. The zero-order valence-corrected chi connectivity index (χ0v) is 27.8. The quantitative estimate of drug-likeness (QED) is 0.198. The summed E-state index contributed by atoms with van der Waals surface area (Å²) < 4.78 is 23.3. The molecule has 1 aliphatic carbocycles. The molecular formula is C39H49NO6. The van der Waals surface area contributed by atoms with Crippen LogP contribution in [0.2, 0.25) is 0 Å². The summed E-state index contributed by atoms with van der Waals surface area (Å²) in [4.78, 5) is 27.8. The van der Waals surface area contributed by atoms with Crippen LogP contribution in [0.5, 0.6) is 0 Å². The molecule has 1 saturated heterocycles. The van der Waals surface area contributed by atoms with Gasteiger partial charge in [0.1, 0.15) is 11.7 Å². The Labute approximate surface area is 274 Å². The molecule has 2 fully saturated rings. The summed E-state index contributed by atoms with van der Waals surface area (Å²) in [7, 11) is 1.44. The van der Waals surface area contributed by atoms with Crippen molar-refractivity contribution in [1.29, 1.82) is 0 Å². The molecule has 2 atom stereocenters. The topological polar surface area (TPSA) is 74.3 Å². The van der Waals surface area contributed by atoms with Crippen LogP contribution in [0.3, 0.4) is 0 Å². The average Bonchev–Trinajstić information content (AvgIpc) is 3.61. The summed E-state index contributed by atoms with van der Waals surface area (Å²) in [5, 5.41) is 0. The Morgan fingerprint density at radius 2 is 1.59 bits per heavy atom. The lowest BCUT2D eigenvalue weighted by Crippen LogP contribution is -2.41. The number of ether oxygens (including phenoxy) is 4. The second-order valence-corrected chi connectivity index (χ2v) is 13.5. The number of esters is 1. The van der Waals surface area contributed by atoms with Crippen molar-refractivity contribution in [3.63, 3.8) is 0 Å². The van der Waals surface area contributed by atoms with E-state index in [2.05, 4.69) is 30.3 Å². The van der Waals surface area contributed by atoms with Crippen molar-refractivity contribution < 1.29 is 28.5 Å². The van der Waals surface area contributed by atoms with E-state index in [4.69, 9.17) is 18.9 Å². The number of amides is 1. The van der Waals surface area contributed by atoms with Gasteiger partial charge < -0.3 is 23.8 Å². The van der Waals surface area contributed by atoms with Gasteiger partial charge >= 0.3 is 12.1 Å². The second-order valence-electron chi connectivity index (χ2n) is 13.5. The van der Waals surface area contributed by atoms with Crippen LogP contribution in [-0.4, -0.2) is 55.7 Å². The molecule has 46 heavy (non-hydrogen) atoms. The number of hydrogen-bond donors (Lipinski definition) is 0. The van der Waals surface area contributed by atoms with E-state index >= 15 is 0 Å². The average molecular weight is 628 g/mol. The molecule has 0 N–H and O–H groups in total. The minimum atomic E-state index is -0.618. The summed E-state index contributed by atoms with van der Waals surface area (Å²) >= 11 is 0. The van der Waals surface area contributed by atoms with E-state index in [0.29, 0.717) is 37.6 Å². The first-order valence-electron chi connectivity index (χ1n) is 16.8. The SMILES string of the molecule is COC(=O)c1ccc(-c2ccc(CCN(C[C@H](OC3CCCCO3)c3ccccc3)C(=O)OC(C)(C)C)cc2)cc1C1CCCC1. The molecule has 0 spiro atoms. The van der Waals surface area contributed by atoms with Crippen LogP contribution in [0.1, 0.15) is 105 Å². The highest BCUT2D eigenvalue weighted by Crippen LogP contribution is 2.38. The highest BCUT2D eigenvalue weighted by Gasteiger charge is 2.29. The van der Waals surface area contributed by atoms with E-state index in [-0.39, 0.29) is 24.5 Å². The third-order valence-electron chi connectivity index (χ3n) is 8.87. The Morgan fingerprint density at radius 1 is 0.891 bits per heavy atom. The van der Waals surface area contributed by atoms with E-state index < -0.39 is 5.60 Å². The van der Waals surface area contributed by atoms with Crippen molar-refractivity contribution in [3.8, 4) is 11.1 Å². The summed E-state index contributed by atoms with van der Waals surface area (Å²) in [5.41, 5.74) is 5.44. The number of methoxy groups -OCH3 is 1. The molecule has 1 unspecified atom stereocenters. The first-order valence-corrected chi connectivity index (χ1v) is 16.8. The van der Waals surface area contributed by atoms with E-state index in [1.807, 2.05) is 63.2 Å². The van der Waals surface area contributed by atoms with Crippen LogP contribution in [0.15, 0.2) is 72.8 Å². The molecule has 1 amide bonds. The minimum Gasteiger partial charge on any atom is -0.465 e. The molecule has 0 radical (unpaired) electrons. The minimum absolute atomic E-state index is 0.274. The zero-order valence-electron chi connectivity index (χ0n) is 27.8. The van der Waals surface area contributed by atoms with Gasteiger partial charge in [0.15, 0.2) is 6.29 Å². The molecule has 7 heteroatoms. The first-order chi connectivity index (χ1) is 22.2. The lowest BCUT2D eigenvalue weighted by atomic mass is 9.89. The Balaban J connectivity index is 1.32. The monoisotopic (exact) mass is 627 g/mol. The summed E-state index contributed by atoms with van der Waals surface area (Å²) in [6, 6.07) is 24.6. The smallest absolute Gasteiger partial charge is 0.410 e. The van der Waals surface area contributed by atoms with Gasteiger partial charge in [-0.25, -0.2) is 9.59 Å². The number of hydrogen-bond acceptors (Lipinski definition) is 6. The van der Waals surface area contributed by atoms with Crippen LogP contribution in [-0.2, 0) is 25.4 Å². The van der Waals surface area contributed by atoms with Crippen LogP contribution in [0.25, 0.3) is 11.1 Å². The van der Waals surface area contributed by atoms with Gasteiger partial charge in [0.2, 0.25) is 0 Å². The Morgan fingerprint density at radius 3 is 2.24 bits per heavy atom. The van der Waals surface area contributed by atoms with Crippen molar-refractivity contribution in [1.82, 2.24) is 4.90 Å². The highest BCUT2D eigenvalue weighted by atomic mass is 16.7. The zero-order chi connectivity index (χ0) is 32.5. The number of benzene rings is 3. The fourth-order valence-corrected chi connectivity index (χ4v) is 6.42. The maximum Gasteiger partial charge on any atom is 0.410 e.